The van der Waals surface area contributed by atoms with Gasteiger partial charge in [-0.3, -0.25) is 4.79 Å². The van der Waals surface area contributed by atoms with Crippen LogP contribution in [0.2, 0.25) is 10.0 Å². The van der Waals surface area contributed by atoms with Gasteiger partial charge in [0, 0.05) is 12.8 Å². The van der Waals surface area contributed by atoms with Crippen LogP contribution < -0.4 is 0 Å². The lowest BCUT2D eigenvalue weighted by atomic mass is 10.1. The highest BCUT2D eigenvalue weighted by atomic mass is 35.5. The Balaban J connectivity index is 2.95. The number of benzene rings is 1. The minimum Gasteiger partial charge on any atom is -0.294 e. The summed E-state index contributed by atoms with van der Waals surface area (Å²) < 4.78 is 0. The number of ketones is 1. The maximum absolute atomic E-state index is 11.5. The molecule has 0 aliphatic carbocycles. The number of carbonyl (C=O) groups excluding carboxylic acids is 1. The molecule has 4 heteroatoms. The fourth-order valence-corrected chi connectivity index (χ4v) is 1.67. The van der Waals surface area contributed by atoms with Crippen molar-refractivity contribution in [2.24, 2.45) is 0 Å². The molecule has 72 valence electrons. The molecule has 0 aromatic heterocycles. The Bertz CT molecular complexity index is 375. The smallest absolute Gasteiger partial charge is 0.166 e. The number of hydrogen-bond donors (Lipinski definition) is 0. The average Bonchev–Trinajstić information content (AvgIpc) is 2.14. The van der Waals surface area contributed by atoms with E-state index in [1.54, 1.807) is 18.2 Å². The van der Waals surface area contributed by atoms with E-state index in [1.165, 1.54) is 0 Å². The van der Waals surface area contributed by atoms with Crippen molar-refractivity contribution in [2.45, 2.75) is 12.8 Å². The molecule has 0 saturated heterocycles. The third kappa shape index (κ3) is 2.47. The lowest BCUT2D eigenvalue weighted by Crippen LogP contribution is -2.00. The molecule has 0 unspecified atom stereocenters. The summed E-state index contributed by atoms with van der Waals surface area (Å²) in [7, 11) is 0. The number of nitriles is 1. The first kappa shape index (κ1) is 11.0. The number of Topliss-reactive ketones (excluding diaryl/α,β-unsaturated/α-hetero) is 1. The van der Waals surface area contributed by atoms with Crippen LogP contribution in [0.1, 0.15) is 23.2 Å². The molecular formula is C10H7Cl2NO. The summed E-state index contributed by atoms with van der Waals surface area (Å²) in [6.07, 6.45) is 0.334. The van der Waals surface area contributed by atoms with Crippen LogP contribution in [0.3, 0.4) is 0 Å². The Morgan fingerprint density at radius 3 is 2.43 bits per heavy atom. The van der Waals surface area contributed by atoms with E-state index in [2.05, 4.69) is 0 Å². The van der Waals surface area contributed by atoms with E-state index in [1.807, 2.05) is 6.07 Å². The topological polar surface area (TPSA) is 40.9 Å². The fourth-order valence-electron chi connectivity index (χ4n) is 1.06. The van der Waals surface area contributed by atoms with Gasteiger partial charge < -0.3 is 0 Å². The van der Waals surface area contributed by atoms with Gasteiger partial charge in [-0.05, 0) is 12.1 Å². The Kier molecular flexibility index (Phi) is 3.94. The van der Waals surface area contributed by atoms with Crippen LogP contribution >= 0.6 is 23.2 Å². The normalized spacial score (nSPS) is 9.50. The van der Waals surface area contributed by atoms with Gasteiger partial charge in [0.05, 0.1) is 21.7 Å². The number of halogens is 2. The predicted octanol–water partition coefficient (Wildman–Crippen LogP) is 3.48. The number of hydrogen-bond acceptors (Lipinski definition) is 2. The molecule has 0 atom stereocenters. The quantitative estimate of drug-likeness (QED) is 0.743. The van der Waals surface area contributed by atoms with Crippen molar-refractivity contribution in [3.05, 3.63) is 33.8 Å². The number of nitrogens with zero attached hydrogens (tertiary/aromatic N) is 1. The van der Waals surface area contributed by atoms with Gasteiger partial charge in [-0.15, -0.1) is 0 Å². The summed E-state index contributed by atoms with van der Waals surface area (Å²) in [5.41, 5.74) is 0.311. The molecule has 0 heterocycles. The van der Waals surface area contributed by atoms with Crippen molar-refractivity contribution >= 4 is 29.0 Å². The Morgan fingerprint density at radius 2 is 1.93 bits per heavy atom. The molecule has 0 aliphatic rings. The Labute approximate surface area is 92.1 Å². The van der Waals surface area contributed by atoms with Crippen molar-refractivity contribution in [3.63, 3.8) is 0 Å². The van der Waals surface area contributed by atoms with E-state index >= 15 is 0 Å². The highest BCUT2D eigenvalue weighted by Crippen LogP contribution is 2.25. The molecule has 0 bridgehead atoms. The van der Waals surface area contributed by atoms with E-state index in [-0.39, 0.29) is 18.6 Å². The zero-order chi connectivity index (χ0) is 10.6. The second-order valence-electron chi connectivity index (χ2n) is 2.68. The maximum Gasteiger partial charge on any atom is 0.166 e. The van der Waals surface area contributed by atoms with Gasteiger partial charge in [-0.1, -0.05) is 29.3 Å². The number of carbonyl (C=O) groups is 1. The second-order valence-corrected chi connectivity index (χ2v) is 3.49. The van der Waals surface area contributed by atoms with Crippen molar-refractivity contribution in [1.82, 2.24) is 0 Å². The van der Waals surface area contributed by atoms with Gasteiger partial charge in [0.25, 0.3) is 0 Å². The molecule has 1 aromatic carbocycles. The van der Waals surface area contributed by atoms with Gasteiger partial charge in [-0.25, -0.2) is 0 Å². The third-order valence-electron chi connectivity index (χ3n) is 1.71. The first-order valence-corrected chi connectivity index (χ1v) is 4.76. The molecule has 0 N–H and O–H groups in total. The molecule has 0 spiro atoms. The lowest BCUT2D eigenvalue weighted by molar-refractivity contribution is 0.0984. The highest BCUT2D eigenvalue weighted by molar-refractivity contribution is 6.39. The lowest BCUT2D eigenvalue weighted by Gasteiger charge is -2.03. The molecular weight excluding hydrogens is 221 g/mol. The molecule has 2 nitrogen and oxygen atoms in total. The van der Waals surface area contributed by atoms with Gasteiger partial charge >= 0.3 is 0 Å². The molecule has 0 radical (unpaired) electrons. The summed E-state index contributed by atoms with van der Waals surface area (Å²) in [6.45, 7) is 0. The largest absolute Gasteiger partial charge is 0.294 e. The van der Waals surface area contributed by atoms with E-state index in [4.69, 9.17) is 28.5 Å². The van der Waals surface area contributed by atoms with Crippen LogP contribution in [0.5, 0.6) is 0 Å². The van der Waals surface area contributed by atoms with Crippen molar-refractivity contribution in [2.75, 3.05) is 0 Å². The SMILES string of the molecule is N#CCCC(=O)c1c(Cl)cccc1Cl. The molecule has 0 fully saturated rings. The van der Waals surface area contributed by atoms with Crippen molar-refractivity contribution < 1.29 is 4.79 Å². The standard InChI is InChI=1S/C10H7Cl2NO/c11-7-3-1-4-8(12)10(7)9(14)5-2-6-13/h1,3-4H,2,5H2. The van der Waals surface area contributed by atoms with Crippen LogP contribution in [0.4, 0.5) is 0 Å². The minimum absolute atomic E-state index is 0.153. The summed E-state index contributed by atoms with van der Waals surface area (Å²) in [5, 5.41) is 9.00. The maximum atomic E-state index is 11.5. The van der Waals surface area contributed by atoms with Crippen LogP contribution in [0.25, 0.3) is 0 Å². The van der Waals surface area contributed by atoms with Gasteiger partial charge in [0.1, 0.15) is 0 Å². The Hall–Kier alpha value is -1.04. The molecule has 0 amide bonds. The average molecular weight is 228 g/mol. The fraction of sp³-hybridized carbons (Fsp3) is 0.200. The zero-order valence-corrected chi connectivity index (χ0v) is 8.77. The zero-order valence-electron chi connectivity index (χ0n) is 7.26. The molecule has 0 saturated carbocycles. The van der Waals surface area contributed by atoms with E-state index in [9.17, 15) is 4.79 Å². The summed E-state index contributed by atoms with van der Waals surface area (Å²) in [4.78, 5) is 11.5. The minimum atomic E-state index is -0.192. The highest BCUT2D eigenvalue weighted by Gasteiger charge is 2.13. The Morgan fingerprint density at radius 1 is 1.36 bits per heavy atom. The van der Waals surface area contributed by atoms with Crippen molar-refractivity contribution in [1.29, 1.82) is 5.26 Å². The van der Waals surface area contributed by atoms with Crippen molar-refractivity contribution in [3.8, 4) is 6.07 Å². The molecule has 1 aromatic rings. The van der Waals surface area contributed by atoms with Gasteiger partial charge in [0.15, 0.2) is 5.78 Å². The van der Waals surface area contributed by atoms with E-state index < -0.39 is 0 Å². The monoisotopic (exact) mass is 227 g/mol. The molecule has 14 heavy (non-hydrogen) atoms. The van der Waals surface area contributed by atoms with Crippen LogP contribution in [0.15, 0.2) is 18.2 Å². The van der Waals surface area contributed by atoms with E-state index in [0.717, 1.165) is 0 Å². The summed E-state index contributed by atoms with van der Waals surface area (Å²) in [5.74, 6) is -0.192. The summed E-state index contributed by atoms with van der Waals surface area (Å²) in [6, 6.07) is 6.78. The van der Waals surface area contributed by atoms with Gasteiger partial charge in [-0.2, -0.15) is 5.26 Å². The van der Waals surface area contributed by atoms with Crippen LogP contribution in [-0.2, 0) is 0 Å². The van der Waals surface area contributed by atoms with E-state index in [0.29, 0.717) is 15.6 Å². The molecule has 0 aliphatic heterocycles. The van der Waals surface area contributed by atoms with Crippen LogP contribution in [-0.4, -0.2) is 5.78 Å². The molecule has 1 rings (SSSR count). The first-order valence-electron chi connectivity index (χ1n) is 4.01. The first-order chi connectivity index (χ1) is 6.66. The van der Waals surface area contributed by atoms with Gasteiger partial charge in [0.2, 0.25) is 0 Å². The van der Waals surface area contributed by atoms with Crippen LogP contribution in [0, 0.1) is 11.3 Å². The predicted molar refractivity (Wildman–Crippen MR) is 55.6 cm³/mol. The third-order valence-corrected chi connectivity index (χ3v) is 2.34. The second kappa shape index (κ2) is 4.99. The summed E-state index contributed by atoms with van der Waals surface area (Å²) >= 11 is 11.6. The number of rotatable bonds is 3.